The molecule has 12 nitrogen and oxygen atoms in total. The number of carbonyl (C=O) groups excluding carboxylic acids is 4. The van der Waals surface area contributed by atoms with Gasteiger partial charge in [0.1, 0.15) is 18.7 Å². The summed E-state index contributed by atoms with van der Waals surface area (Å²) in [6, 6.07) is 35.1. The molecule has 0 radical (unpaired) electrons. The number of benzene rings is 4. The largest absolute Gasteiger partial charge is 0.467 e. The summed E-state index contributed by atoms with van der Waals surface area (Å²) in [6.45, 7) is -0.0675. The van der Waals surface area contributed by atoms with Gasteiger partial charge in [0.25, 0.3) is 5.91 Å². The number of ether oxygens (including phenoxy) is 2. The second kappa shape index (κ2) is 17.3. The average molecular weight is 671 g/mol. The molecule has 4 aromatic carbocycles. The maximum absolute atomic E-state index is 13.8. The monoisotopic (exact) mass is 670 g/mol. The first-order valence-electron chi connectivity index (χ1n) is 14.8. The Morgan fingerprint density at radius 3 is 1.69 bits per heavy atom. The van der Waals surface area contributed by atoms with Gasteiger partial charge in [-0.1, -0.05) is 127 Å². The van der Waals surface area contributed by atoms with Crippen LogP contribution < -0.4 is 16.1 Å². The van der Waals surface area contributed by atoms with Crippen molar-refractivity contribution in [3.05, 3.63) is 154 Å². The smallest absolute Gasteiger partial charge is 0.408 e. The molecule has 0 bridgehead atoms. The Morgan fingerprint density at radius 2 is 1.23 bits per heavy atom. The lowest BCUT2D eigenvalue weighted by atomic mass is 9.84. The van der Waals surface area contributed by atoms with Crippen molar-refractivity contribution in [3.8, 4) is 0 Å². The van der Waals surface area contributed by atoms with E-state index in [1.54, 1.807) is 24.3 Å². The van der Waals surface area contributed by atoms with Crippen LogP contribution in [0.3, 0.4) is 0 Å². The minimum atomic E-state index is -1.58. The standard InChI is InChI=1S/C35H34N4O8S/c1-46-33(42)29(22-31(40)38-39(44)45)36-32(41)30(37-34(43)47-23-25-14-6-2-7-15-25)24-48-35(26-16-8-3-9-17-26,27-18-10-4-11-19-27)28-20-12-5-13-21-28/h2-21,29-30H,22-24H2,1H3,(H,36,41)(H,37,43)(H,38,40). The topological polar surface area (TPSA) is 166 Å². The fraction of sp³-hybridized carbons (Fsp3) is 0.200. The second-order valence-corrected chi connectivity index (χ2v) is 11.7. The van der Waals surface area contributed by atoms with Gasteiger partial charge in [0.15, 0.2) is 5.03 Å². The Balaban J connectivity index is 1.69. The van der Waals surface area contributed by atoms with Crippen LogP contribution in [-0.4, -0.2) is 53.9 Å². The molecule has 13 heteroatoms. The molecule has 0 aromatic heterocycles. The summed E-state index contributed by atoms with van der Waals surface area (Å²) in [4.78, 5) is 62.4. The van der Waals surface area contributed by atoms with Gasteiger partial charge in [-0.05, 0) is 22.3 Å². The van der Waals surface area contributed by atoms with Gasteiger partial charge in [-0.2, -0.15) is 0 Å². The van der Waals surface area contributed by atoms with Gasteiger partial charge in [-0.25, -0.2) is 19.7 Å². The fourth-order valence-electron chi connectivity index (χ4n) is 5.01. The van der Waals surface area contributed by atoms with Crippen LogP contribution in [0.2, 0.25) is 0 Å². The van der Waals surface area contributed by atoms with E-state index in [9.17, 15) is 29.3 Å². The van der Waals surface area contributed by atoms with Crippen LogP contribution in [0.15, 0.2) is 121 Å². The van der Waals surface area contributed by atoms with Gasteiger partial charge >= 0.3 is 12.1 Å². The van der Waals surface area contributed by atoms with Gasteiger partial charge in [-0.15, -0.1) is 11.8 Å². The molecule has 0 aliphatic carbocycles. The van der Waals surface area contributed by atoms with Crippen LogP contribution in [0, 0.1) is 10.1 Å². The maximum atomic E-state index is 13.8. The summed E-state index contributed by atoms with van der Waals surface area (Å²) >= 11 is 1.37. The van der Waals surface area contributed by atoms with Crippen molar-refractivity contribution in [2.45, 2.75) is 29.9 Å². The van der Waals surface area contributed by atoms with Crippen molar-refractivity contribution < 1.29 is 33.7 Å². The lowest BCUT2D eigenvalue weighted by Crippen LogP contribution is -2.54. The number of methoxy groups -OCH3 is 1. The Morgan fingerprint density at radius 1 is 0.750 bits per heavy atom. The number of hydrogen-bond acceptors (Lipinski definition) is 9. The van der Waals surface area contributed by atoms with Gasteiger partial charge in [-0.3, -0.25) is 9.59 Å². The molecular formula is C35H34N4O8S. The zero-order valence-electron chi connectivity index (χ0n) is 25.9. The highest BCUT2D eigenvalue weighted by molar-refractivity contribution is 8.00. The molecule has 48 heavy (non-hydrogen) atoms. The number of nitrogens with one attached hydrogen (secondary N) is 3. The third-order valence-corrected chi connectivity index (χ3v) is 8.88. The predicted molar refractivity (Wildman–Crippen MR) is 179 cm³/mol. The van der Waals surface area contributed by atoms with E-state index in [1.807, 2.05) is 97.1 Å². The number of carbonyl (C=O) groups is 4. The minimum absolute atomic E-state index is 0.0417. The van der Waals surface area contributed by atoms with E-state index in [0.29, 0.717) is 0 Å². The first-order chi connectivity index (χ1) is 23.2. The summed E-state index contributed by atoms with van der Waals surface area (Å²) in [5.41, 5.74) is 4.89. The average Bonchev–Trinajstić information content (AvgIpc) is 3.11. The Hall–Kier alpha value is -5.69. The van der Waals surface area contributed by atoms with Crippen molar-refractivity contribution in [2.75, 3.05) is 12.9 Å². The van der Waals surface area contributed by atoms with E-state index in [-0.39, 0.29) is 12.4 Å². The molecule has 4 rings (SSSR count). The van der Waals surface area contributed by atoms with Gasteiger partial charge in [0.05, 0.1) is 18.3 Å². The van der Waals surface area contributed by atoms with E-state index in [4.69, 9.17) is 9.47 Å². The number of esters is 1. The molecule has 0 fully saturated rings. The van der Waals surface area contributed by atoms with E-state index < -0.39 is 52.2 Å². The molecule has 3 N–H and O–H groups in total. The van der Waals surface area contributed by atoms with E-state index in [0.717, 1.165) is 29.4 Å². The molecule has 0 saturated carbocycles. The molecule has 3 amide bonds. The highest BCUT2D eigenvalue weighted by Gasteiger charge is 2.39. The highest BCUT2D eigenvalue weighted by atomic mass is 32.2. The summed E-state index contributed by atoms with van der Waals surface area (Å²) in [5, 5.41) is 14.7. The minimum Gasteiger partial charge on any atom is -0.467 e. The first kappa shape index (κ1) is 35.2. The molecule has 0 saturated heterocycles. The summed E-state index contributed by atoms with van der Waals surface area (Å²) in [5.74, 6) is -3.02. The molecule has 4 aromatic rings. The first-order valence-corrected chi connectivity index (χ1v) is 15.8. The fourth-order valence-corrected chi connectivity index (χ4v) is 6.57. The zero-order chi connectivity index (χ0) is 34.4. The second-order valence-electron chi connectivity index (χ2n) is 10.4. The van der Waals surface area contributed by atoms with Crippen LogP contribution >= 0.6 is 11.8 Å². The molecule has 0 heterocycles. The number of alkyl carbamates (subject to hydrolysis) is 1. The van der Waals surface area contributed by atoms with Crippen LogP contribution in [0.1, 0.15) is 28.7 Å². The number of nitrogens with zero attached hydrogens (tertiary/aromatic N) is 1. The zero-order valence-corrected chi connectivity index (χ0v) is 26.8. The lowest BCUT2D eigenvalue weighted by Gasteiger charge is -2.36. The lowest BCUT2D eigenvalue weighted by molar-refractivity contribution is -0.530. The van der Waals surface area contributed by atoms with Gasteiger partial charge in [0, 0.05) is 5.75 Å². The Labute approximate surface area is 281 Å². The molecule has 0 aliphatic rings. The third kappa shape index (κ3) is 9.42. The molecule has 0 spiro atoms. The van der Waals surface area contributed by atoms with Crippen LogP contribution in [0.25, 0.3) is 0 Å². The quantitative estimate of drug-likeness (QED) is 0.0721. The molecule has 2 atom stereocenters. The number of nitro groups is 1. The number of hydrazine groups is 1. The Kier molecular flexibility index (Phi) is 12.7. The van der Waals surface area contributed by atoms with Gasteiger partial charge < -0.3 is 20.1 Å². The molecular weight excluding hydrogens is 636 g/mol. The molecule has 248 valence electrons. The Bertz CT molecular complexity index is 1580. The van der Waals surface area contributed by atoms with Crippen molar-refractivity contribution in [3.63, 3.8) is 0 Å². The SMILES string of the molecule is COC(=O)C(CC(=O)N[N+](=O)[O-])NC(=O)C(CSC(c1ccccc1)(c1ccccc1)c1ccccc1)NC(=O)OCc1ccccc1. The number of rotatable bonds is 15. The highest BCUT2D eigenvalue weighted by Crippen LogP contribution is 2.48. The number of hydrogen-bond donors (Lipinski definition) is 3. The normalized spacial score (nSPS) is 12.1. The molecule has 0 aliphatic heterocycles. The van der Waals surface area contributed by atoms with Crippen molar-refractivity contribution in [2.24, 2.45) is 0 Å². The van der Waals surface area contributed by atoms with E-state index in [2.05, 4.69) is 10.6 Å². The van der Waals surface area contributed by atoms with Crippen LogP contribution in [0.4, 0.5) is 4.79 Å². The van der Waals surface area contributed by atoms with Crippen molar-refractivity contribution in [1.82, 2.24) is 16.1 Å². The summed E-state index contributed by atoms with van der Waals surface area (Å²) < 4.78 is 9.27. The predicted octanol–water partition coefficient (Wildman–Crippen LogP) is 4.36. The van der Waals surface area contributed by atoms with Crippen LogP contribution in [-0.2, 0) is 35.2 Å². The summed E-state index contributed by atoms with van der Waals surface area (Å²) in [7, 11) is 1.05. The van der Waals surface area contributed by atoms with Gasteiger partial charge in [0.2, 0.25) is 5.91 Å². The van der Waals surface area contributed by atoms with Crippen molar-refractivity contribution in [1.29, 1.82) is 0 Å². The van der Waals surface area contributed by atoms with Crippen molar-refractivity contribution >= 4 is 35.6 Å². The third-order valence-electron chi connectivity index (χ3n) is 7.24. The number of amides is 3. The van der Waals surface area contributed by atoms with Crippen LogP contribution in [0.5, 0.6) is 0 Å². The summed E-state index contributed by atoms with van der Waals surface area (Å²) in [6.07, 6.45) is -1.68. The molecule has 2 unspecified atom stereocenters. The number of thioether (sulfide) groups is 1. The van der Waals surface area contributed by atoms with E-state index >= 15 is 0 Å². The van der Waals surface area contributed by atoms with E-state index in [1.165, 1.54) is 17.2 Å². The maximum Gasteiger partial charge on any atom is 0.408 e.